The molecule has 3 nitrogen and oxygen atoms in total. The smallest absolute Gasteiger partial charge is 0.134 e. The molecule has 1 aromatic rings. The average Bonchev–Trinajstić information content (AvgIpc) is 2.69. The van der Waals surface area contributed by atoms with Crippen molar-refractivity contribution in [3.63, 3.8) is 0 Å². The van der Waals surface area contributed by atoms with Crippen LogP contribution in [0, 0.1) is 0 Å². The molecule has 0 amide bonds. The van der Waals surface area contributed by atoms with E-state index in [9.17, 15) is 0 Å². The Kier molecular flexibility index (Phi) is 5.55. The van der Waals surface area contributed by atoms with Gasteiger partial charge in [0, 0.05) is 32.2 Å². The van der Waals surface area contributed by atoms with Gasteiger partial charge in [0.15, 0.2) is 0 Å². The third kappa shape index (κ3) is 3.10. The summed E-state index contributed by atoms with van der Waals surface area (Å²) in [6, 6.07) is 2.66. The van der Waals surface area contributed by atoms with E-state index in [1.165, 1.54) is 4.88 Å². The Morgan fingerprint density at radius 1 is 1.62 bits per heavy atom. The maximum atomic E-state index is 5.33. The van der Waals surface area contributed by atoms with Crippen molar-refractivity contribution in [3.05, 3.63) is 16.3 Å². The number of hydrogen-bond donors (Lipinski definition) is 1. The summed E-state index contributed by atoms with van der Waals surface area (Å²) in [6.07, 6.45) is 0. The minimum Gasteiger partial charge on any atom is -0.496 e. The minimum atomic E-state index is 0. The number of hydrogen-bond acceptors (Lipinski definition) is 4. The molecule has 0 aliphatic carbocycles. The zero-order valence-electron chi connectivity index (χ0n) is 9.73. The Morgan fingerprint density at radius 3 is 3.12 bits per heavy atom. The fraction of sp³-hybridized carbons (Fsp3) is 0.636. The van der Waals surface area contributed by atoms with Gasteiger partial charge in [0.25, 0.3) is 0 Å². The van der Waals surface area contributed by atoms with Crippen molar-refractivity contribution in [1.82, 2.24) is 10.2 Å². The fourth-order valence-corrected chi connectivity index (χ4v) is 2.79. The SMILES string of the molecule is COc1ccsc1CN1CCNCC1C.Cl. The van der Waals surface area contributed by atoms with Crippen LogP contribution in [0.4, 0.5) is 0 Å². The highest BCUT2D eigenvalue weighted by atomic mass is 35.5. The van der Waals surface area contributed by atoms with Gasteiger partial charge in [-0.1, -0.05) is 0 Å². The molecule has 1 N–H and O–H groups in total. The molecule has 0 saturated carbocycles. The first-order valence-electron chi connectivity index (χ1n) is 5.36. The summed E-state index contributed by atoms with van der Waals surface area (Å²) in [5.41, 5.74) is 0. The van der Waals surface area contributed by atoms with E-state index in [0.717, 1.165) is 31.9 Å². The van der Waals surface area contributed by atoms with Crippen LogP contribution in [0.2, 0.25) is 0 Å². The van der Waals surface area contributed by atoms with Crippen molar-refractivity contribution in [1.29, 1.82) is 0 Å². The molecule has 0 aromatic carbocycles. The number of thiophene rings is 1. The average molecular weight is 263 g/mol. The first-order valence-corrected chi connectivity index (χ1v) is 6.24. The first kappa shape index (κ1) is 13.8. The highest BCUT2D eigenvalue weighted by Crippen LogP contribution is 2.26. The van der Waals surface area contributed by atoms with Crippen LogP contribution < -0.4 is 10.1 Å². The molecular weight excluding hydrogens is 244 g/mol. The van der Waals surface area contributed by atoms with Gasteiger partial charge in [-0.05, 0) is 18.4 Å². The number of halogens is 1. The molecule has 1 saturated heterocycles. The lowest BCUT2D eigenvalue weighted by Gasteiger charge is -2.33. The molecule has 0 spiro atoms. The van der Waals surface area contributed by atoms with Crippen molar-refractivity contribution in [2.75, 3.05) is 26.7 Å². The van der Waals surface area contributed by atoms with Gasteiger partial charge < -0.3 is 10.1 Å². The third-order valence-corrected chi connectivity index (χ3v) is 3.80. The second-order valence-corrected chi connectivity index (χ2v) is 4.94. The molecule has 1 unspecified atom stereocenters. The van der Waals surface area contributed by atoms with E-state index < -0.39 is 0 Å². The maximum Gasteiger partial charge on any atom is 0.134 e. The molecule has 2 heterocycles. The predicted molar refractivity (Wildman–Crippen MR) is 70.9 cm³/mol. The molecule has 1 aliphatic rings. The maximum absolute atomic E-state index is 5.33. The molecule has 16 heavy (non-hydrogen) atoms. The molecule has 5 heteroatoms. The lowest BCUT2D eigenvalue weighted by atomic mass is 10.2. The van der Waals surface area contributed by atoms with E-state index >= 15 is 0 Å². The van der Waals surface area contributed by atoms with Crippen molar-refractivity contribution in [2.24, 2.45) is 0 Å². The molecule has 1 aromatic heterocycles. The van der Waals surface area contributed by atoms with E-state index in [-0.39, 0.29) is 12.4 Å². The van der Waals surface area contributed by atoms with Crippen LogP contribution in [0.3, 0.4) is 0 Å². The highest BCUT2D eigenvalue weighted by molar-refractivity contribution is 7.10. The third-order valence-electron chi connectivity index (χ3n) is 2.91. The van der Waals surface area contributed by atoms with Gasteiger partial charge in [-0.25, -0.2) is 0 Å². The molecule has 1 atom stereocenters. The van der Waals surface area contributed by atoms with E-state index in [0.29, 0.717) is 6.04 Å². The molecule has 1 aliphatic heterocycles. The summed E-state index contributed by atoms with van der Waals surface area (Å²) in [7, 11) is 1.74. The van der Waals surface area contributed by atoms with Crippen molar-refractivity contribution in [2.45, 2.75) is 19.5 Å². The number of nitrogens with zero attached hydrogens (tertiary/aromatic N) is 1. The summed E-state index contributed by atoms with van der Waals surface area (Å²) in [4.78, 5) is 3.84. The van der Waals surface area contributed by atoms with Gasteiger partial charge >= 0.3 is 0 Å². The monoisotopic (exact) mass is 262 g/mol. The van der Waals surface area contributed by atoms with Gasteiger partial charge in [-0.15, -0.1) is 23.7 Å². The van der Waals surface area contributed by atoms with E-state index in [1.54, 1.807) is 18.4 Å². The van der Waals surface area contributed by atoms with Crippen molar-refractivity contribution >= 4 is 23.7 Å². The summed E-state index contributed by atoms with van der Waals surface area (Å²) < 4.78 is 5.33. The lowest BCUT2D eigenvalue weighted by molar-refractivity contribution is 0.165. The van der Waals surface area contributed by atoms with Gasteiger partial charge in [-0.2, -0.15) is 0 Å². The molecule has 0 bridgehead atoms. The van der Waals surface area contributed by atoms with Crippen LogP contribution in [-0.2, 0) is 6.54 Å². The fourth-order valence-electron chi connectivity index (χ4n) is 1.93. The van der Waals surface area contributed by atoms with Crippen molar-refractivity contribution < 1.29 is 4.74 Å². The molecule has 1 fully saturated rings. The zero-order valence-corrected chi connectivity index (χ0v) is 11.4. The van der Waals surface area contributed by atoms with E-state index in [2.05, 4.69) is 22.5 Å². The Hall–Kier alpha value is -0.290. The summed E-state index contributed by atoms with van der Waals surface area (Å²) in [5, 5.41) is 5.50. The Balaban J connectivity index is 0.00000128. The Morgan fingerprint density at radius 2 is 2.44 bits per heavy atom. The first-order chi connectivity index (χ1) is 7.31. The summed E-state index contributed by atoms with van der Waals surface area (Å²) in [5.74, 6) is 1.03. The number of methoxy groups -OCH3 is 1. The Labute approximate surface area is 107 Å². The topological polar surface area (TPSA) is 24.5 Å². The number of rotatable bonds is 3. The molecule has 0 radical (unpaired) electrons. The van der Waals surface area contributed by atoms with E-state index in [4.69, 9.17) is 4.74 Å². The van der Waals surface area contributed by atoms with E-state index in [1.807, 2.05) is 6.07 Å². The molecule has 92 valence electrons. The number of nitrogens with one attached hydrogen (secondary N) is 1. The zero-order chi connectivity index (χ0) is 10.7. The minimum absolute atomic E-state index is 0. The number of ether oxygens (including phenoxy) is 1. The standard InChI is InChI=1S/C11H18N2OS.ClH/c1-9-7-12-4-5-13(9)8-11-10(14-2)3-6-15-11;/h3,6,9,12H,4-5,7-8H2,1-2H3;1H. The van der Waals surface area contributed by atoms with Crippen LogP contribution in [0.1, 0.15) is 11.8 Å². The highest BCUT2D eigenvalue weighted by Gasteiger charge is 2.19. The van der Waals surface area contributed by atoms with Gasteiger partial charge in [0.05, 0.1) is 12.0 Å². The second kappa shape index (κ2) is 6.45. The van der Waals surface area contributed by atoms with Gasteiger partial charge in [0.1, 0.15) is 5.75 Å². The quantitative estimate of drug-likeness (QED) is 0.902. The Bertz CT molecular complexity index is 319. The van der Waals surface area contributed by atoms with Crippen LogP contribution in [-0.4, -0.2) is 37.7 Å². The van der Waals surface area contributed by atoms with Crippen LogP contribution in [0.25, 0.3) is 0 Å². The largest absolute Gasteiger partial charge is 0.496 e. The van der Waals surface area contributed by atoms with Crippen LogP contribution in [0.15, 0.2) is 11.4 Å². The summed E-state index contributed by atoms with van der Waals surface area (Å²) >= 11 is 1.78. The molecule has 2 rings (SSSR count). The molecular formula is C11H19ClN2OS. The van der Waals surface area contributed by atoms with Gasteiger partial charge in [0.2, 0.25) is 0 Å². The van der Waals surface area contributed by atoms with Gasteiger partial charge in [-0.3, -0.25) is 4.90 Å². The van der Waals surface area contributed by atoms with Crippen LogP contribution in [0.5, 0.6) is 5.75 Å². The summed E-state index contributed by atoms with van der Waals surface area (Å²) in [6.45, 7) is 6.60. The van der Waals surface area contributed by atoms with Crippen molar-refractivity contribution in [3.8, 4) is 5.75 Å². The normalized spacial score (nSPS) is 21.5. The second-order valence-electron chi connectivity index (χ2n) is 3.94. The van der Waals surface area contributed by atoms with Crippen LogP contribution >= 0.6 is 23.7 Å². The predicted octanol–water partition coefficient (Wildman–Crippen LogP) is 1.97. The number of piperazine rings is 1. The lowest BCUT2D eigenvalue weighted by Crippen LogP contribution is -2.49.